The van der Waals surface area contributed by atoms with Gasteiger partial charge in [-0.1, -0.05) is 29.8 Å². The average molecular weight is 381 g/mol. The number of nitrogens with one attached hydrogen (secondary N) is 2. The van der Waals surface area contributed by atoms with Crippen molar-refractivity contribution >= 4 is 46.3 Å². The van der Waals surface area contributed by atoms with Gasteiger partial charge in [-0.2, -0.15) is 0 Å². The molecule has 2 N–H and O–H groups in total. The van der Waals surface area contributed by atoms with Gasteiger partial charge in [0.1, 0.15) is 10.7 Å². The van der Waals surface area contributed by atoms with Crippen molar-refractivity contribution in [3.8, 4) is 10.6 Å². The van der Waals surface area contributed by atoms with Crippen LogP contribution in [0.2, 0.25) is 0 Å². The summed E-state index contributed by atoms with van der Waals surface area (Å²) in [5, 5.41) is 8.22. The number of thiazole rings is 1. The van der Waals surface area contributed by atoms with E-state index in [1.54, 1.807) is 11.4 Å². The average Bonchev–Trinajstić information content (AvgIpc) is 3.12. The van der Waals surface area contributed by atoms with Crippen molar-refractivity contribution in [3.05, 3.63) is 59.1 Å². The first-order chi connectivity index (χ1) is 12.6. The van der Waals surface area contributed by atoms with Crippen molar-refractivity contribution in [2.45, 2.75) is 11.8 Å². The zero-order valence-corrected chi connectivity index (χ0v) is 15.5. The number of hydrogen-bond donors (Lipinski definition) is 2. The standard InChI is InChI=1S/C19H15N3O2S2/c1-11-2-4-12(5-3-11)19-22-15(9-26-19)18(24)20-13-6-7-16-14(8-13)21-17(23)10-25-16/h2-9H,10H2,1H3,(H,20,24)(H,21,23). The molecule has 0 fully saturated rings. The molecule has 0 radical (unpaired) electrons. The number of benzene rings is 2. The molecule has 0 unspecified atom stereocenters. The van der Waals surface area contributed by atoms with Gasteiger partial charge in [0.15, 0.2) is 0 Å². The third kappa shape index (κ3) is 3.49. The highest BCUT2D eigenvalue weighted by atomic mass is 32.2. The van der Waals surface area contributed by atoms with E-state index in [1.807, 2.05) is 43.3 Å². The summed E-state index contributed by atoms with van der Waals surface area (Å²) >= 11 is 2.93. The second-order valence-corrected chi connectivity index (χ2v) is 7.78. The SMILES string of the molecule is Cc1ccc(-c2nc(C(=O)Nc3ccc4c(c3)NC(=O)CS4)cs2)cc1. The monoisotopic (exact) mass is 381 g/mol. The van der Waals surface area contributed by atoms with E-state index < -0.39 is 0 Å². The molecule has 0 saturated carbocycles. The Balaban J connectivity index is 1.51. The minimum Gasteiger partial charge on any atom is -0.324 e. The first-order valence-corrected chi connectivity index (χ1v) is 9.85. The maximum absolute atomic E-state index is 12.5. The summed E-state index contributed by atoms with van der Waals surface area (Å²) in [5.41, 5.74) is 3.90. The summed E-state index contributed by atoms with van der Waals surface area (Å²) in [4.78, 5) is 29.4. The number of carbonyl (C=O) groups is 2. The van der Waals surface area contributed by atoms with Crippen LogP contribution in [0.25, 0.3) is 10.6 Å². The number of anilines is 2. The smallest absolute Gasteiger partial charge is 0.275 e. The highest BCUT2D eigenvalue weighted by Gasteiger charge is 2.17. The number of aromatic nitrogens is 1. The molecule has 0 aliphatic carbocycles. The molecule has 7 heteroatoms. The Morgan fingerprint density at radius 1 is 1.19 bits per heavy atom. The molecule has 0 saturated heterocycles. The van der Waals surface area contributed by atoms with E-state index in [0.29, 0.717) is 17.1 Å². The lowest BCUT2D eigenvalue weighted by molar-refractivity contribution is -0.113. The molecule has 4 rings (SSSR count). The molecule has 0 spiro atoms. The summed E-state index contributed by atoms with van der Waals surface area (Å²) in [7, 11) is 0. The lowest BCUT2D eigenvalue weighted by Crippen LogP contribution is -2.19. The van der Waals surface area contributed by atoms with Crippen molar-refractivity contribution < 1.29 is 9.59 Å². The van der Waals surface area contributed by atoms with E-state index in [1.165, 1.54) is 28.7 Å². The van der Waals surface area contributed by atoms with Crippen molar-refractivity contribution in [1.29, 1.82) is 0 Å². The van der Waals surface area contributed by atoms with Crippen LogP contribution in [0.3, 0.4) is 0 Å². The minimum absolute atomic E-state index is 0.0341. The second kappa shape index (κ2) is 6.93. The van der Waals surface area contributed by atoms with E-state index in [-0.39, 0.29) is 11.8 Å². The van der Waals surface area contributed by atoms with E-state index in [9.17, 15) is 9.59 Å². The van der Waals surface area contributed by atoms with Crippen LogP contribution < -0.4 is 10.6 Å². The van der Waals surface area contributed by atoms with Gasteiger partial charge < -0.3 is 10.6 Å². The van der Waals surface area contributed by atoms with Crippen LogP contribution in [0.5, 0.6) is 0 Å². The molecule has 2 aromatic carbocycles. The second-order valence-electron chi connectivity index (χ2n) is 5.91. The molecule has 0 bridgehead atoms. The Morgan fingerprint density at radius 2 is 2.00 bits per heavy atom. The lowest BCUT2D eigenvalue weighted by atomic mass is 10.2. The van der Waals surface area contributed by atoms with Crippen molar-refractivity contribution in [2.75, 3.05) is 16.4 Å². The van der Waals surface area contributed by atoms with Crippen LogP contribution in [0.4, 0.5) is 11.4 Å². The Morgan fingerprint density at radius 3 is 2.81 bits per heavy atom. The number of amides is 2. The third-order valence-electron chi connectivity index (χ3n) is 3.91. The number of hydrogen-bond acceptors (Lipinski definition) is 5. The summed E-state index contributed by atoms with van der Waals surface area (Å²) in [6, 6.07) is 13.5. The number of rotatable bonds is 3. The Kier molecular flexibility index (Phi) is 4.48. The summed E-state index contributed by atoms with van der Waals surface area (Å²) < 4.78 is 0. The zero-order valence-electron chi connectivity index (χ0n) is 13.9. The van der Waals surface area contributed by atoms with Gasteiger partial charge in [0.05, 0.1) is 11.4 Å². The first-order valence-electron chi connectivity index (χ1n) is 7.99. The van der Waals surface area contributed by atoms with Crippen LogP contribution in [0.1, 0.15) is 16.1 Å². The van der Waals surface area contributed by atoms with Gasteiger partial charge >= 0.3 is 0 Å². The van der Waals surface area contributed by atoms with Gasteiger partial charge in [0.25, 0.3) is 5.91 Å². The van der Waals surface area contributed by atoms with Crippen LogP contribution in [0.15, 0.2) is 52.7 Å². The maximum Gasteiger partial charge on any atom is 0.275 e. The molecule has 1 aliphatic rings. The van der Waals surface area contributed by atoms with Crippen molar-refractivity contribution in [3.63, 3.8) is 0 Å². The van der Waals surface area contributed by atoms with Crippen molar-refractivity contribution in [1.82, 2.24) is 4.98 Å². The van der Waals surface area contributed by atoms with Gasteiger partial charge in [-0.15, -0.1) is 23.1 Å². The fourth-order valence-corrected chi connectivity index (χ4v) is 4.16. The number of fused-ring (bicyclic) bond motifs is 1. The Bertz CT molecular complexity index is 996. The highest BCUT2D eigenvalue weighted by Crippen LogP contribution is 2.33. The molecular formula is C19H15N3O2S2. The predicted molar refractivity (Wildman–Crippen MR) is 106 cm³/mol. The molecule has 130 valence electrons. The summed E-state index contributed by atoms with van der Waals surface area (Å²) in [5.74, 6) is 0.113. The quantitative estimate of drug-likeness (QED) is 0.705. The highest BCUT2D eigenvalue weighted by molar-refractivity contribution is 8.00. The van der Waals surface area contributed by atoms with Crippen LogP contribution in [-0.2, 0) is 4.79 Å². The molecule has 1 aromatic heterocycles. The molecule has 5 nitrogen and oxygen atoms in total. The fraction of sp³-hybridized carbons (Fsp3) is 0.105. The number of aryl methyl sites for hydroxylation is 1. The van der Waals surface area contributed by atoms with Crippen molar-refractivity contribution in [2.24, 2.45) is 0 Å². The molecule has 2 amide bonds. The largest absolute Gasteiger partial charge is 0.324 e. The van der Waals surface area contributed by atoms with Crippen LogP contribution in [0, 0.1) is 6.92 Å². The normalized spacial score (nSPS) is 13.0. The molecule has 26 heavy (non-hydrogen) atoms. The fourth-order valence-electron chi connectivity index (χ4n) is 2.56. The minimum atomic E-state index is -0.269. The zero-order chi connectivity index (χ0) is 18.1. The Labute approximate surface area is 158 Å². The van der Waals surface area contributed by atoms with Crippen LogP contribution >= 0.6 is 23.1 Å². The van der Waals surface area contributed by atoms with Gasteiger partial charge in [-0.25, -0.2) is 4.98 Å². The van der Waals surface area contributed by atoms with Gasteiger partial charge in [-0.05, 0) is 25.1 Å². The molecule has 1 aliphatic heterocycles. The van der Waals surface area contributed by atoms with Crippen LogP contribution in [-0.4, -0.2) is 22.6 Å². The van der Waals surface area contributed by atoms with E-state index in [0.717, 1.165) is 21.2 Å². The summed E-state index contributed by atoms with van der Waals surface area (Å²) in [6.45, 7) is 2.03. The molecule has 3 aromatic rings. The van der Waals surface area contributed by atoms with Gasteiger partial charge in [0, 0.05) is 21.5 Å². The Hall–Kier alpha value is -2.64. The number of thioether (sulfide) groups is 1. The van der Waals surface area contributed by atoms with Gasteiger partial charge in [0.2, 0.25) is 5.91 Å². The number of nitrogens with zero attached hydrogens (tertiary/aromatic N) is 1. The predicted octanol–water partition coefficient (Wildman–Crippen LogP) is 4.42. The van der Waals surface area contributed by atoms with E-state index in [2.05, 4.69) is 15.6 Å². The number of carbonyl (C=O) groups excluding carboxylic acids is 2. The molecular weight excluding hydrogens is 366 g/mol. The van der Waals surface area contributed by atoms with E-state index in [4.69, 9.17) is 0 Å². The topological polar surface area (TPSA) is 71.1 Å². The summed E-state index contributed by atoms with van der Waals surface area (Å²) in [6.07, 6.45) is 0. The maximum atomic E-state index is 12.5. The molecule has 0 atom stereocenters. The van der Waals surface area contributed by atoms with Gasteiger partial charge in [-0.3, -0.25) is 9.59 Å². The molecule has 2 heterocycles. The third-order valence-corrected chi connectivity index (χ3v) is 5.87. The van der Waals surface area contributed by atoms with E-state index >= 15 is 0 Å². The lowest BCUT2D eigenvalue weighted by Gasteiger charge is -2.17. The first kappa shape index (κ1) is 16.8.